The van der Waals surface area contributed by atoms with Crippen LogP contribution in [0.5, 0.6) is 0 Å². The van der Waals surface area contributed by atoms with Gasteiger partial charge in [-0.05, 0) is 44.0 Å². The van der Waals surface area contributed by atoms with Gasteiger partial charge < -0.3 is 10.2 Å². The predicted octanol–water partition coefficient (Wildman–Crippen LogP) is 2.73. The van der Waals surface area contributed by atoms with E-state index in [1.165, 1.54) is 12.0 Å². The molecule has 1 fully saturated rings. The minimum absolute atomic E-state index is 0.451. The first-order valence-corrected chi connectivity index (χ1v) is 9.15. The maximum Gasteiger partial charge on any atom is 0.151 e. The summed E-state index contributed by atoms with van der Waals surface area (Å²) in [7, 11) is 0. The van der Waals surface area contributed by atoms with Crippen molar-refractivity contribution in [3.63, 3.8) is 0 Å². The number of aryl methyl sites for hydroxylation is 1. The lowest BCUT2D eigenvalue weighted by Crippen LogP contribution is -2.45. The van der Waals surface area contributed by atoms with E-state index in [0.29, 0.717) is 6.04 Å². The van der Waals surface area contributed by atoms with Crippen LogP contribution < -0.4 is 10.2 Å². The summed E-state index contributed by atoms with van der Waals surface area (Å²) < 4.78 is 1.92. The fraction of sp³-hybridized carbons (Fsp3) is 0.350. The highest BCUT2D eigenvalue weighted by atomic mass is 15.3. The molecule has 1 aliphatic rings. The SMILES string of the molecule is Cc1ccc(N2CCC[C@H](NCc3cnn(-c4ccccc4)c3)C2)nn1. The predicted molar refractivity (Wildman–Crippen MR) is 102 cm³/mol. The molecule has 6 heteroatoms. The van der Waals surface area contributed by atoms with Gasteiger partial charge >= 0.3 is 0 Å². The van der Waals surface area contributed by atoms with Crippen LogP contribution in [0.2, 0.25) is 0 Å². The van der Waals surface area contributed by atoms with Crippen LogP contribution in [0.1, 0.15) is 24.1 Å². The van der Waals surface area contributed by atoms with E-state index in [1.54, 1.807) is 0 Å². The van der Waals surface area contributed by atoms with Gasteiger partial charge in [-0.25, -0.2) is 4.68 Å². The summed E-state index contributed by atoms with van der Waals surface area (Å²) in [5, 5.41) is 16.6. The molecule has 1 aliphatic heterocycles. The molecular weight excluding hydrogens is 324 g/mol. The highest BCUT2D eigenvalue weighted by Crippen LogP contribution is 2.17. The third-order valence-electron chi connectivity index (χ3n) is 4.78. The Bertz CT molecular complexity index is 827. The molecule has 1 N–H and O–H groups in total. The Morgan fingerprint density at radius 1 is 1.12 bits per heavy atom. The van der Waals surface area contributed by atoms with Gasteiger partial charge in [-0.1, -0.05) is 18.2 Å². The Kier molecular flexibility index (Phi) is 4.93. The standard InChI is InChI=1S/C20H24N6/c1-16-9-10-20(24-23-16)25-11-5-6-18(15-25)21-12-17-13-22-26(14-17)19-7-3-2-4-8-19/h2-4,7-10,13-14,18,21H,5-6,11-12,15H2,1H3/t18-/m0/s1. The summed E-state index contributed by atoms with van der Waals surface area (Å²) in [6.07, 6.45) is 6.37. The highest BCUT2D eigenvalue weighted by Gasteiger charge is 2.20. The lowest BCUT2D eigenvalue weighted by molar-refractivity contribution is 0.419. The quantitative estimate of drug-likeness (QED) is 0.768. The number of piperidine rings is 1. The first-order valence-electron chi connectivity index (χ1n) is 9.15. The molecule has 0 bridgehead atoms. The average Bonchev–Trinajstić information content (AvgIpc) is 3.17. The summed E-state index contributed by atoms with van der Waals surface area (Å²) in [5.41, 5.74) is 3.23. The van der Waals surface area contributed by atoms with Crippen molar-refractivity contribution in [3.05, 3.63) is 66.1 Å². The van der Waals surface area contributed by atoms with Crippen LogP contribution >= 0.6 is 0 Å². The topological polar surface area (TPSA) is 58.9 Å². The minimum atomic E-state index is 0.451. The van der Waals surface area contributed by atoms with E-state index in [0.717, 1.165) is 43.3 Å². The Morgan fingerprint density at radius 3 is 2.81 bits per heavy atom. The second kappa shape index (κ2) is 7.66. The van der Waals surface area contributed by atoms with Crippen LogP contribution in [0.4, 0.5) is 5.82 Å². The molecule has 1 saturated heterocycles. The summed E-state index contributed by atoms with van der Waals surface area (Å²) >= 11 is 0. The van der Waals surface area contributed by atoms with Gasteiger partial charge in [0.25, 0.3) is 0 Å². The molecule has 3 heterocycles. The Hall–Kier alpha value is -2.73. The number of hydrogen-bond donors (Lipinski definition) is 1. The van der Waals surface area contributed by atoms with Crippen LogP contribution in [-0.2, 0) is 6.54 Å². The van der Waals surface area contributed by atoms with Gasteiger partial charge in [-0.3, -0.25) is 0 Å². The normalized spacial score (nSPS) is 17.4. The molecule has 3 aromatic rings. The highest BCUT2D eigenvalue weighted by molar-refractivity contribution is 5.38. The number of nitrogens with zero attached hydrogens (tertiary/aromatic N) is 5. The largest absolute Gasteiger partial charge is 0.354 e. The molecule has 1 atom stereocenters. The van der Waals surface area contributed by atoms with E-state index in [1.807, 2.05) is 42.1 Å². The average molecular weight is 348 g/mol. The number of benzene rings is 1. The van der Waals surface area contributed by atoms with Gasteiger partial charge in [-0.15, -0.1) is 5.10 Å². The van der Waals surface area contributed by atoms with Crippen molar-refractivity contribution >= 4 is 5.82 Å². The molecule has 0 radical (unpaired) electrons. The number of hydrogen-bond acceptors (Lipinski definition) is 5. The maximum atomic E-state index is 4.47. The van der Waals surface area contributed by atoms with Crippen LogP contribution in [0, 0.1) is 6.92 Å². The number of aromatic nitrogens is 4. The smallest absolute Gasteiger partial charge is 0.151 e. The Labute approximate surface area is 153 Å². The third-order valence-corrected chi connectivity index (χ3v) is 4.78. The zero-order valence-corrected chi connectivity index (χ0v) is 15.0. The van der Waals surface area contributed by atoms with Crippen molar-refractivity contribution in [2.75, 3.05) is 18.0 Å². The monoisotopic (exact) mass is 348 g/mol. The van der Waals surface area contributed by atoms with Gasteiger partial charge in [0.1, 0.15) is 0 Å². The summed E-state index contributed by atoms with van der Waals surface area (Å²) in [6.45, 7) is 4.80. The summed E-state index contributed by atoms with van der Waals surface area (Å²) in [4.78, 5) is 2.32. The second-order valence-corrected chi connectivity index (χ2v) is 6.83. The molecule has 2 aromatic heterocycles. The van der Waals surface area contributed by atoms with Crippen LogP contribution in [0.3, 0.4) is 0 Å². The van der Waals surface area contributed by atoms with Gasteiger partial charge in [0.2, 0.25) is 0 Å². The van der Waals surface area contributed by atoms with Crippen LogP contribution in [0.25, 0.3) is 5.69 Å². The van der Waals surface area contributed by atoms with E-state index in [4.69, 9.17) is 0 Å². The number of nitrogens with one attached hydrogen (secondary N) is 1. The number of para-hydroxylation sites is 1. The summed E-state index contributed by atoms with van der Waals surface area (Å²) in [6, 6.07) is 14.7. The Balaban J connectivity index is 1.34. The first kappa shape index (κ1) is 16.7. The third kappa shape index (κ3) is 3.91. The molecule has 134 valence electrons. The van der Waals surface area contributed by atoms with E-state index in [-0.39, 0.29) is 0 Å². The van der Waals surface area contributed by atoms with Gasteiger partial charge in [-0.2, -0.15) is 10.2 Å². The lowest BCUT2D eigenvalue weighted by Gasteiger charge is -2.33. The molecule has 0 spiro atoms. The minimum Gasteiger partial charge on any atom is -0.354 e. The van der Waals surface area contributed by atoms with Crippen molar-refractivity contribution in [2.24, 2.45) is 0 Å². The fourth-order valence-electron chi connectivity index (χ4n) is 3.35. The lowest BCUT2D eigenvalue weighted by atomic mass is 10.1. The van der Waals surface area contributed by atoms with Crippen LogP contribution in [0.15, 0.2) is 54.9 Å². The molecule has 1 aromatic carbocycles. The van der Waals surface area contributed by atoms with E-state index in [2.05, 4.69) is 49.9 Å². The molecule has 0 amide bonds. The van der Waals surface area contributed by atoms with Crippen molar-refractivity contribution in [1.29, 1.82) is 0 Å². The van der Waals surface area contributed by atoms with Crippen molar-refractivity contribution < 1.29 is 0 Å². The van der Waals surface area contributed by atoms with Crippen molar-refractivity contribution in [1.82, 2.24) is 25.3 Å². The van der Waals surface area contributed by atoms with Gasteiger partial charge in [0.15, 0.2) is 5.82 Å². The fourth-order valence-corrected chi connectivity index (χ4v) is 3.35. The zero-order chi connectivity index (χ0) is 17.8. The molecule has 26 heavy (non-hydrogen) atoms. The number of rotatable bonds is 5. The Morgan fingerprint density at radius 2 is 2.00 bits per heavy atom. The van der Waals surface area contributed by atoms with E-state index in [9.17, 15) is 0 Å². The second-order valence-electron chi connectivity index (χ2n) is 6.83. The molecule has 6 nitrogen and oxygen atoms in total. The van der Waals surface area contributed by atoms with Gasteiger partial charge in [0, 0.05) is 37.4 Å². The van der Waals surface area contributed by atoms with E-state index >= 15 is 0 Å². The van der Waals surface area contributed by atoms with E-state index < -0.39 is 0 Å². The molecule has 0 aliphatic carbocycles. The molecule has 0 saturated carbocycles. The zero-order valence-electron chi connectivity index (χ0n) is 15.0. The number of anilines is 1. The van der Waals surface area contributed by atoms with Crippen LogP contribution in [-0.4, -0.2) is 39.1 Å². The molecular formula is C20H24N6. The van der Waals surface area contributed by atoms with Crippen molar-refractivity contribution in [3.8, 4) is 5.69 Å². The van der Waals surface area contributed by atoms with Crippen molar-refractivity contribution in [2.45, 2.75) is 32.4 Å². The summed E-state index contributed by atoms with van der Waals surface area (Å²) in [5.74, 6) is 0.971. The molecule has 0 unspecified atom stereocenters. The van der Waals surface area contributed by atoms with Gasteiger partial charge in [0.05, 0.1) is 17.6 Å². The maximum absolute atomic E-state index is 4.47. The first-order chi connectivity index (χ1) is 12.8. The molecule has 4 rings (SSSR count).